The van der Waals surface area contributed by atoms with Gasteiger partial charge in [-0.15, -0.1) is 0 Å². The van der Waals surface area contributed by atoms with Crippen LogP contribution < -0.4 is 10.1 Å². The Labute approximate surface area is 209 Å². The average molecular weight is 524 g/mol. The monoisotopic (exact) mass is 523 g/mol. The Morgan fingerprint density at radius 2 is 1.85 bits per heavy atom. The lowest BCUT2D eigenvalue weighted by Gasteiger charge is -2.36. The number of halogens is 1. The molecule has 0 saturated heterocycles. The first-order chi connectivity index (χ1) is 16.3. The topological polar surface area (TPSA) is 64.6 Å². The number of ketones is 1. The van der Waals surface area contributed by atoms with Crippen LogP contribution in [0.4, 0.5) is 0 Å². The number of hydrogen-bond acceptors (Lipinski definition) is 5. The van der Waals surface area contributed by atoms with Crippen molar-refractivity contribution in [3.63, 3.8) is 0 Å². The van der Waals surface area contributed by atoms with Gasteiger partial charge >= 0.3 is 5.97 Å². The van der Waals surface area contributed by atoms with E-state index in [2.05, 4.69) is 21.2 Å². The van der Waals surface area contributed by atoms with Gasteiger partial charge in [0.25, 0.3) is 0 Å². The zero-order chi connectivity index (χ0) is 24.4. The summed E-state index contributed by atoms with van der Waals surface area (Å²) >= 11 is 3.55. The highest BCUT2D eigenvalue weighted by atomic mass is 79.9. The van der Waals surface area contributed by atoms with Crippen molar-refractivity contribution in [3.05, 3.63) is 86.7 Å². The second-order valence-electron chi connectivity index (χ2n) is 9.34. The number of carbonyl (C=O) groups is 2. The lowest BCUT2D eigenvalue weighted by atomic mass is 9.72. The maximum Gasteiger partial charge on any atom is 0.336 e. The highest BCUT2D eigenvalue weighted by Gasteiger charge is 2.41. The molecular formula is C28H30BrNO4. The van der Waals surface area contributed by atoms with Gasteiger partial charge in [0.05, 0.1) is 19.3 Å². The van der Waals surface area contributed by atoms with E-state index in [4.69, 9.17) is 9.47 Å². The molecule has 178 valence electrons. The maximum absolute atomic E-state index is 13.6. The number of benzene rings is 2. The van der Waals surface area contributed by atoms with E-state index in [1.807, 2.05) is 69.3 Å². The molecule has 1 aliphatic carbocycles. The molecule has 0 spiro atoms. The Bertz CT molecular complexity index is 1160. The molecule has 0 saturated carbocycles. The number of methoxy groups -OCH3 is 1. The number of nitrogens with one attached hydrogen (secondary N) is 1. The molecule has 34 heavy (non-hydrogen) atoms. The Kier molecular flexibility index (Phi) is 7.27. The van der Waals surface area contributed by atoms with Gasteiger partial charge in [0, 0.05) is 33.8 Å². The molecule has 0 fully saturated rings. The van der Waals surface area contributed by atoms with Crippen molar-refractivity contribution in [2.75, 3.05) is 13.7 Å². The van der Waals surface area contributed by atoms with Gasteiger partial charge in [-0.1, -0.05) is 54.0 Å². The summed E-state index contributed by atoms with van der Waals surface area (Å²) in [6.07, 6.45) is 1.09. The molecule has 0 aromatic heterocycles. The normalized spacial score (nSPS) is 20.2. The summed E-state index contributed by atoms with van der Waals surface area (Å²) in [4.78, 5) is 26.9. The third kappa shape index (κ3) is 4.97. The molecule has 2 aromatic rings. The number of hydrogen-bond donors (Lipinski definition) is 1. The molecule has 0 amide bonds. The summed E-state index contributed by atoms with van der Waals surface area (Å²) in [5.74, 6) is 0.302. The van der Waals surface area contributed by atoms with E-state index < -0.39 is 5.92 Å². The summed E-state index contributed by atoms with van der Waals surface area (Å²) in [5.41, 5.74) is 4.81. The van der Waals surface area contributed by atoms with Gasteiger partial charge < -0.3 is 14.8 Å². The van der Waals surface area contributed by atoms with Crippen molar-refractivity contribution >= 4 is 27.7 Å². The highest BCUT2D eigenvalue weighted by Crippen LogP contribution is 2.46. The SMILES string of the molecule is COc1ccc(C2CC(=O)C3=C(C2)NC(C)=C(C(=O)OCC(C)C)C3c2cccc(Br)c2)cc1. The van der Waals surface area contributed by atoms with Crippen molar-refractivity contribution in [2.24, 2.45) is 5.92 Å². The Hall–Kier alpha value is -2.86. The third-order valence-electron chi connectivity index (χ3n) is 6.36. The Morgan fingerprint density at radius 3 is 2.50 bits per heavy atom. The van der Waals surface area contributed by atoms with Crippen LogP contribution >= 0.6 is 15.9 Å². The predicted octanol–water partition coefficient (Wildman–Crippen LogP) is 6.02. The first kappa shape index (κ1) is 24.3. The fourth-order valence-corrected chi connectivity index (χ4v) is 5.18. The van der Waals surface area contributed by atoms with E-state index >= 15 is 0 Å². The number of ether oxygens (including phenoxy) is 2. The van der Waals surface area contributed by atoms with Crippen LogP contribution in [0.1, 0.15) is 56.6 Å². The van der Waals surface area contributed by atoms with E-state index in [-0.39, 0.29) is 23.6 Å². The lowest BCUT2D eigenvalue weighted by Crippen LogP contribution is -2.36. The van der Waals surface area contributed by atoms with Crippen LogP contribution in [0.25, 0.3) is 0 Å². The van der Waals surface area contributed by atoms with Gasteiger partial charge in [0.2, 0.25) is 0 Å². The third-order valence-corrected chi connectivity index (χ3v) is 6.86. The molecule has 1 heterocycles. The molecule has 2 unspecified atom stereocenters. The van der Waals surface area contributed by atoms with Crippen LogP contribution in [0.3, 0.4) is 0 Å². The first-order valence-electron chi connectivity index (χ1n) is 11.6. The van der Waals surface area contributed by atoms with Crippen molar-refractivity contribution in [1.82, 2.24) is 5.32 Å². The molecule has 5 nitrogen and oxygen atoms in total. The molecule has 2 aromatic carbocycles. The van der Waals surface area contributed by atoms with Crippen molar-refractivity contribution in [1.29, 1.82) is 0 Å². The van der Waals surface area contributed by atoms with Crippen LogP contribution in [0, 0.1) is 5.92 Å². The molecule has 1 N–H and O–H groups in total. The summed E-state index contributed by atoms with van der Waals surface area (Å²) in [5, 5.41) is 3.41. The zero-order valence-corrected chi connectivity index (χ0v) is 21.6. The second-order valence-corrected chi connectivity index (χ2v) is 10.3. The van der Waals surface area contributed by atoms with E-state index in [1.165, 1.54) is 0 Å². The van der Waals surface area contributed by atoms with Gasteiger partial charge in [0.1, 0.15) is 5.75 Å². The van der Waals surface area contributed by atoms with Gasteiger partial charge in [-0.05, 0) is 60.6 Å². The molecule has 2 aliphatic rings. The minimum absolute atomic E-state index is 0.0567. The molecule has 0 bridgehead atoms. The minimum atomic E-state index is -0.460. The molecule has 0 radical (unpaired) electrons. The smallest absolute Gasteiger partial charge is 0.336 e. The van der Waals surface area contributed by atoms with Crippen molar-refractivity contribution in [3.8, 4) is 5.75 Å². The average Bonchev–Trinajstić information content (AvgIpc) is 2.81. The molecule has 6 heteroatoms. The number of rotatable bonds is 6. The van der Waals surface area contributed by atoms with Crippen molar-refractivity contribution < 1.29 is 19.1 Å². The quantitative estimate of drug-likeness (QED) is 0.469. The van der Waals surface area contributed by atoms with Gasteiger partial charge in [-0.25, -0.2) is 4.79 Å². The largest absolute Gasteiger partial charge is 0.497 e. The van der Waals surface area contributed by atoms with E-state index in [9.17, 15) is 9.59 Å². The molecule has 4 rings (SSSR count). The zero-order valence-electron chi connectivity index (χ0n) is 20.0. The highest BCUT2D eigenvalue weighted by molar-refractivity contribution is 9.10. The fourth-order valence-electron chi connectivity index (χ4n) is 4.76. The number of dihydropyridines is 1. The number of Topliss-reactive ketones (excluding diaryl/α,β-unsaturated/α-hetero) is 1. The van der Waals surface area contributed by atoms with Crippen LogP contribution in [-0.2, 0) is 14.3 Å². The van der Waals surface area contributed by atoms with E-state index in [0.29, 0.717) is 30.6 Å². The molecule has 1 aliphatic heterocycles. The number of carbonyl (C=O) groups excluding carboxylic acids is 2. The predicted molar refractivity (Wildman–Crippen MR) is 136 cm³/mol. The van der Waals surface area contributed by atoms with E-state index in [0.717, 1.165) is 32.7 Å². The Morgan fingerprint density at radius 1 is 1.12 bits per heavy atom. The van der Waals surface area contributed by atoms with Crippen LogP contribution in [0.5, 0.6) is 5.75 Å². The first-order valence-corrected chi connectivity index (χ1v) is 12.4. The summed E-state index contributed by atoms with van der Waals surface area (Å²) < 4.78 is 11.8. The standard InChI is InChI=1S/C28H30BrNO4/c1-16(2)15-34-28(32)25-17(3)30-23-13-20(18-8-10-22(33-4)11-9-18)14-24(31)27(23)26(25)19-6-5-7-21(29)12-19/h5-12,16,20,26,30H,13-15H2,1-4H3. The fraction of sp³-hybridized carbons (Fsp3) is 0.357. The lowest BCUT2D eigenvalue weighted by molar-refractivity contribution is -0.140. The summed E-state index contributed by atoms with van der Waals surface area (Å²) in [6.45, 7) is 6.23. The second kappa shape index (κ2) is 10.2. The molecular weight excluding hydrogens is 494 g/mol. The number of allylic oxidation sites excluding steroid dienone is 3. The molecule has 2 atom stereocenters. The van der Waals surface area contributed by atoms with Gasteiger partial charge in [-0.2, -0.15) is 0 Å². The van der Waals surface area contributed by atoms with Crippen LogP contribution in [0.15, 0.2) is 75.5 Å². The maximum atomic E-state index is 13.6. The van der Waals surface area contributed by atoms with E-state index in [1.54, 1.807) is 7.11 Å². The minimum Gasteiger partial charge on any atom is -0.497 e. The summed E-state index contributed by atoms with van der Waals surface area (Å²) in [6, 6.07) is 15.7. The van der Waals surface area contributed by atoms with Gasteiger partial charge in [-0.3, -0.25) is 4.79 Å². The number of esters is 1. The van der Waals surface area contributed by atoms with Gasteiger partial charge in [0.15, 0.2) is 5.78 Å². The van der Waals surface area contributed by atoms with Crippen molar-refractivity contribution in [2.45, 2.75) is 45.4 Å². The Balaban J connectivity index is 1.74. The van der Waals surface area contributed by atoms with Crippen LogP contribution in [0.2, 0.25) is 0 Å². The summed E-state index contributed by atoms with van der Waals surface area (Å²) in [7, 11) is 1.64. The van der Waals surface area contributed by atoms with Crippen LogP contribution in [-0.4, -0.2) is 25.5 Å².